The van der Waals surface area contributed by atoms with E-state index in [-0.39, 0.29) is 34.7 Å². The number of sulfonamides is 1. The zero-order valence-electron chi connectivity index (χ0n) is 21.7. The van der Waals surface area contributed by atoms with E-state index in [1.54, 1.807) is 30.3 Å². The topological polar surface area (TPSA) is 108 Å². The molecule has 0 spiro atoms. The van der Waals surface area contributed by atoms with E-state index in [0.29, 0.717) is 41.5 Å². The molecular weight excluding hydrogens is 500 g/mol. The number of nitrogens with one attached hydrogen (secondary N) is 3. The Morgan fingerprint density at radius 1 is 0.974 bits per heavy atom. The number of nitrogens with zero attached hydrogens (tertiary/aromatic N) is 1. The van der Waals surface area contributed by atoms with Crippen LogP contribution in [0.15, 0.2) is 65.6 Å². The van der Waals surface area contributed by atoms with Crippen molar-refractivity contribution in [3.8, 4) is 0 Å². The van der Waals surface area contributed by atoms with Gasteiger partial charge in [-0.05, 0) is 62.4 Å². The molecule has 0 saturated carbocycles. The molecule has 3 aromatic rings. The molecule has 5 rings (SSSR count). The number of amides is 2. The van der Waals surface area contributed by atoms with Crippen LogP contribution < -0.4 is 15.4 Å². The molecule has 2 amide bonds. The van der Waals surface area contributed by atoms with E-state index in [1.807, 2.05) is 49.1 Å². The van der Waals surface area contributed by atoms with E-state index >= 15 is 0 Å². The summed E-state index contributed by atoms with van der Waals surface area (Å²) in [5, 5.41) is 7.39. The third-order valence-corrected chi connectivity index (χ3v) is 9.24. The van der Waals surface area contributed by atoms with Crippen molar-refractivity contribution >= 4 is 38.3 Å². The molecule has 38 heavy (non-hydrogen) atoms. The zero-order chi connectivity index (χ0) is 26.9. The fraction of sp³-hybridized carbons (Fsp3) is 0.379. The number of rotatable bonds is 6. The van der Waals surface area contributed by atoms with Gasteiger partial charge in [-0.1, -0.05) is 49.4 Å². The van der Waals surface area contributed by atoms with Crippen LogP contribution in [-0.4, -0.2) is 56.9 Å². The minimum absolute atomic E-state index is 0.0252. The lowest BCUT2D eigenvalue weighted by Crippen LogP contribution is -2.54. The lowest BCUT2D eigenvalue weighted by Gasteiger charge is -2.38. The van der Waals surface area contributed by atoms with E-state index in [9.17, 15) is 18.0 Å². The van der Waals surface area contributed by atoms with Gasteiger partial charge < -0.3 is 15.5 Å². The molecule has 9 heteroatoms. The van der Waals surface area contributed by atoms with Crippen molar-refractivity contribution in [3.63, 3.8) is 0 Å². The Labute approximate surface area is 223 Å². The molecule has 0 bridgehead atoms. The van der Waals surface area contributed by atoms with Crippen LogP contribution in [0.4, 0.5) is 5.69 Å². The van der Waals surface area contributed by atoms with Crippen molar-refractivity contribution in [2.75, 3.05) is 25.0 Å². The van der Waals surface area contributed by atoms with Crippen molar-refractivity contribution in [1.82, 2.24) is 14.9 Å². The molecule has 2 fully saturated rings. The second-order valence-corrected chi connectivity index (χ2v) is 12.0. The van der Waals surface area contributed by atoms with Crippen molar-refractivity contribution in [2.45, 2.75) is 50.1 Å². The zero-order valence-corrected chi connectivity index (χ0v) is 22.6. The molecule has 3 aromatic carbocycles. The standard InChI is InChI=1S/C29H34N4O4S/c1-19-8-3-4-9-21(19)28(34)31-25-13-14-27(23-11-6-5-10-22(23)25)38(36,37)32-24-15-17-33(18-20(24)2)29(35)26-12-7-16-30-26/h3-6,8-11,13-14,20,24,26,30,32H,7,12,15-18H2,1-2H3,(H,31,34)/t20-,24+,26+/m0/s1. The second kappa shape index (κ2) is 10.8. The number of hydrogen-bond acceptors (Lipinski definition) is 5. The Balaban J connectivity index is 1.34. The van der Waals surface area contributed by atoms with Gasteiger partial charge in [-0.25, -0.2) is 13.1 Å². The summed E-state index contributed by atoms with van der Waals surface area (Å²) in [7, 11) is -3.86. The maximum absolute atomic E-state index is 13.6. The first-order valence-corrected chi connectivity index (χ1v) is 14.7. The molecule has 0 unspecified atom stereocenters. The largest absolute Gasteiger partial charge is 0.341 e. The van der Waals surface area contributed by atoms with Gasteiger partial charge in [0.05, 0.1) is 10.9 Å². The SMILES string of the molecule is Cc1ccccc1C(=O)Nc1ccc(S(=O)(=O)N[C@@H]2CCN(C(=O)[C@H]3CCCN3)C[C@@H]2C)c2ccccc12. The van der Waals surface area contributed by atoms with Crippen molar-refractivity contribution in [3.05, 3.63) is 71.8 Å². The summed E-state index contributed by atoms with van der Waals surface area (Å²) in [4.78, 5) is 27.8. The second-order valence-electron chi connectivity index (χ2n) is 10.4. The quantitative estimate of drug-likeness (QED) is 0.447. The lowest BCUT2D eigenvalue weighted by molar-refractivity contribution is -0.135. The smallest absolute Gasteiger partial charge is 0.255 e. The Morgan fingerprint density at radius 2 is 1.71 bits per heavy atom. The van der Waals surface area contributed by atoms with E-state index in [2.05, 4.69) is 15.4 Å². The summed E-state index contributed by atoms with van der Waals surface area (Å²) in [6, 6.07) is 17.3. The summed E-state index contributed by atoms with van der Waals surface area (Å²) in [6.07, 6.45) is 2.42. The number of piperidine rings is 1. The van der Waals surface area contributed by atoms with Gasteiger partial charge in [-0.2, -0.15) is 0 Å². The van der Waals surface area contributed by atoms with Gasteiger partial charge in [0.1, 0.15) is 0 Å². The first-order valence-electron chi connectivity index (χ1n) is 13.2. The average molecular weight is 535 g/mol. The molecule has 0 radical (unpaired) electrons. The van der Waals surface area contributed by atoms with Crippen molar-refractivity contribution < 1.29 is 18.0 Å². The van der Waals surface area contributed by atoms with E-state index in [1.165, 1.54) is 0 Å². The fourth-order valence-electron chi connectivity index (χ4n) is 5.53. The van der Waals surface area contributed by atoms with Gasteiger partial charge in [0.2, 0.25) is 15.9 Å². The highest BCUT2D eigenvalue weighted by molar-refractivity contribution is 7.89. The number of anilines is 1. The van der Waals surface area contributed by atoms with Gasteiger partial charge in [-0.3, -0.25) is 9.59 Å². The Morgan fingerprint density at radius 3 is 2.42 bits per heavy atom. The Kier molecular flexibility index (Phi) is 7.52. The highest BCUT2D eigenvalue weighted by Gasteiger charge is 2.35. The molecule has 200 valence electrons. The minimum atomic E-state index is -3.86. The van der Waals surface area contributed by atoms with Gasteiger partial charge in [0.25, 0.3) is 5.91 Å². The minimum Gasteiger partial charge on any atom is -0.341 e. The van der Waals surface area contributed by atoms with Crippen molar-refractivity contribution in [1.29, 1.82) is 0 Å². The maximum Gasteiger partial charge on any atom is 0.255 e. The van der Waals surface area contributed by atoms with E-state index < -0.39 is 10.0 Å². The summed E-state index contributed by atoms with van der Waals surface area (Å²) >= 11 is 0. The van der Waals surface area contributed by atoms with Crippen LogP contribution in [0.25, 0.3) is 10.8 Å². The fourth-order valence-corrected chi connectivity index (χ4v) is 7.12. The molecule has 8 nitrogen and oxygen atoms in total. The first-order chi connectivity index (χ1) is 18.2. The Hall–Kier alpha value is -3.27. The van der Waals surface area contributed by atoms with Crippen LogP contribution in [0.1, 0.15) is 42.1 Å². The Bertz CT molecular complexity index is 1470. The molecule has 2 saturated heterocycles. The maximum atomic E-state index is 13.6. The van der Waals surface area contributed by atoms with Crippen LogP contribution in [0.3, 0.4) is 0 Å². The van der Waals surface area contributed by atoms with Crippen LogP contribution in [0.5, 0.6) is 0 Å². The molecule has 0 aliphatic carbocycles. The summed E-state index contributed by atoms with van der Waals surface area (Å²) in [5.74, 6) is -0.155. The van der Waals surface area contributed by atoms with Gasteiger partial charge in [-0.15, -0.1) is 0 Å². The highest BCUT2D eigenvalue weighted by atomic mass is 32.2. The van der Waals surface area contributed by atoms with Crippen molar-refractivity contribution in [2.24, 2.45) is 5.92 Å². The van der Waals surface area contributed by atoms with Crippen LogP contribution in [0, 0.1) is 12.8 Å². The predicted octanol–water partition coefficient (Wildman–Crippen LogP) is 3.67. The molecule has 3 N–H and O–H groups in total. The van der Waals surface area contributed by atoms with Gasteiger partial charge >= 0.3 is 0 Å². The number of fused-ring (bicyclic) bond motifs is 1. The lowest BCUT2D eigenvalue weighted by atomic mass is 9.94. The number of benzene rings is 3. The molecule has 2 heterocycles. The number of carbonyl (C=O) groups excluding carboxylic acids is 2. The monoisotopic (exact) mass is 534 g/mol. The summed E-state index contributed by atoms with van der Waals surface area (Å²) in [6.45, 7) is 5.77. The summed E-state index contributed by atoms with van der Waals surface area (Å²) in [5.41, 5.74) is 1.98. The third kappa shape index (κ3) is 5.32. The molecule has 2 aliphatic rings. The third-order valence-electron chi connectivity index (χ3n) is 7.69. The number of aryl methyl sites for hydroxylation is 1. The molecule has 0 aromatic heterocycles. The van der Waals surface area contributed by atoms with E-state index in [4.69, 9.17) is 0 Å². The molecular formula is C29H34N4O4S. The number of carbonyl (C=O) groups is 2. The van der Waals surface area contributed by atoms with Crippen LogP contribution >= 0.6 is 0 Å². The van der Waals surface area contributed by atoms with E-state index in [0.717, 1.165) is 24.9 Å². The molecule has 2 aliphatic heterocycles. The number of hydrogen-bond donors (Lipinski definition) is 3. The van der Waals surface area contributed by atoms with Gasteiger partial charge in [0, 0.05) is 41.2 Å². The molecule has 3 atom stereocenters. The first kappa shape index (κ1) is 26.3. The van der Waals surface area contributed by atoms with Crippen LogP contribution in [0.2, 0.25) is 0 Å². The summed E-state index contributed by atoms with van der Waals surface area (Å²) < 4.78 is 30.1. The van der Waals surface area contributed by atoms with Crippen LogP contribution in [-0.2, 0) is 14.8 Å². The number of likely N-dealkylation sites (tertiary alicyclic amines) is 1. The average Bonchev–Trinajstić information content (AvgIpc) is 3.45. The highest BCUT2D eigenvalue weighted by Crippen LogP contribution is 2.31. The van der Waals surface area contributed by atoms with Gasteiger partial charge in [0.15, 0.2) is 0 Å². The predicted molar refractivity (Wildman–Crippen MR) is 149 cm³/mol. The normalized spacial score (nSPS) is 21.9.